The van der Waals surface area contributed by atoms with E-state index in [1.807, 2.05) is 18.2 Å². The number of hydrogen-bond acceptors (Lipinski definition) is 1. The molecule has 0 spiro atoms. The van der Waals surface area contributed by atoms with Gasteiger partial charge in [-0.15, -0.1) is 0 Å². The standard InChI is InChI=1S/C16H20Cl2N2/c1-3-9-19-12(2)16-8-5-10-20(16)11-13-14(17)6-4-7-15(13)18/h4-8,10,12,19H,3,9,11H2,1-2H3. The van der Waals surface area contributed by atoms with Gasteiger partial charge in [0.25, 0.3) is 0 Å². The van der Waals surface area contributed by atoms with E-state index >= 15 is 0 Å². The maximum atomic E-state index is 6.25. The zero-order valence-corrected chi connectivity index (χ0v) is 13.4. The van der Waals surface area contributed by atoms with Crippen molar-refractivity contribution < 1.29 is 0 Å². The van der Waals surface area contributed by atoms with Crippen molar-refractivity contribution in [3.63, 3.8) is 0 Å². The first-order valence-electron chi connectivity index (χ1n) is 6.94. The molecule has 0 saturated heterocycles. The Balaban J connectivity index is 2.20. The Morgan fingerprint density at radius 3 is 2.50 bits per heavy atom. The third-order valence-electron chi connectivity index (χ3n) is 3.40. The van der Waals surface area contributed by atoms with Crippen LogP contribution in [-0.2, 0) is 6.54 Å². The van der Waals surface area contributed by atoms with E-state index in [0.717, 1.165) is 18.5 Å². The lowest BCUT2D eigenvalue weighted by molar-refractivity contribution is 0.534. The first-order chi connectivity index (χ1) is 9.63. The lowest BCUT2D eigenvalue weighted by Gasteiger charge is -2.18. The Bertz CT molecular complexity index is 543. The number of nitrogens with zero attached hydrogens (tertiary/aromatic N) is 1. The predicted molar refractivity (Wildman–Crippen MR) is 86.7 cm³/mol. The summed E-state index contributed by atoms with van der Waals surface area (Å²) in [4.78, 5) is 0. The monoisotopic (exact) mass is 310 g/mol. The van der Waals surface area contributed by atoms with E-state index in [-0.39, 0.29) is 0 Å². The number of hydrogen-bond donors (Lipinski definition) is 1. The molecule has 0 aliphatic rings. The Kier molecular flexibility index (Phi) is 5.53. The topological polar surface area (TPSA) is 17.0 Å². The molecule has 1 unspecified atom stereocenters. The molecule has 2 nitrogen and oxygen atoms in total. The fourth-order valence-electron chi connectivity index (χ4n) is 2.28. The van der Waals surface area contributed by atoms with E-state index in [1.54, 1.807) is 0 Å². The highest BCUT2D eigenvalue weighted by Crippen LogP contribution is 2.26. The van der Waals surface area contributed by atoms with Gasteiger partial charge in [-0.2, -0.15) is 0 Å². The average Bonchev–Trinajstić information content (AvgIpc) is 2.88. The minimum absolute atomic E-state index is 0.311. The molecule has 0 amide bonds. The molecule has 0 saturated carbocycles. The molecule has 2 rings (SSSR count). The molecular weight excluding hydrogens is 291 g/mol. The highest BCUT2D eigenvalue weighted by Gasteiger charge is 2.12. The number of nitrogens with one attached hydrogen (secondary N) is 1. The van der Waals surface area contributed by atoms with Gasteiger partial charge in [0, 0.05) is 33.5 Å². The zero-order valence-electron chi connectivity index (χ0n) is 11.9. The van der Waals surface area contributed by atoms with Gasteiger partial charge in [0.15, 0.2) is 0 Å². The number of benzene rings is 1. The van der Waals surface area contributed by atoms with Crippen LogP contribution in [0, 0.1) is 0 Å². The summed E-state index contributed by atoms with van der Waals surface area (Å²) in [6, 6.07) is 10.1. The van der Waals surface area contributed by atoms with E-state index in [1.165, 1.54) is 5.69 Å². The molecule has 1 atom stereocenters. The fraction of sp³-hybridized carbons (Fsp3) is 0.375. The van der Waals surface area contributed by atoms with Crippen molar-refractivity contribution in [1.29, 1.82) is 0 Å². The van der Waals surface area contributed by atoms with Crippen LogP contribution in [0.4, 0.5) is 0 Å². The summed E-state index contributed by atoms with van der Waals surface area (Å²) in [5.41, 5.74) is 2.21. The average molecular weight is 311 g/mol. The van der Waals surface area contributed by atoms with Gasteiger partial charge in [-0.1, -0.05) is 36.2 Å². The summed E-state index contributed by atoms with van der Waals surface area (Å²) >= 11 is 12.5. The van der Waals surface area contributed by atoms with Gasteiger partial charge in [-0.25, -0.2) is 0 Å². The molecule has 0 aliphatic heterocycles. The van der Waals surface area contributed by atoms with Gasteiger partial charge in [0.2, 0.25) is 0 Å². The molecule has 1 aromatic carbocycles. The summed E-state index contributed by atoms with van der Waals surface area (Å²) in [5.74, 6) is 0. The molecule has 0 aliphatic carbocycles. The van der Waals surface area contributed by atoms with E-state index in [0.29, 0.717) is 22.6 Å². The van der Waals surface area contributed by atoms with Gasteiger partial charge in [-0.05, 0) is 44.2 Å². The lowest BCUT2D eigenvalue weighted by atomic mass is 10.2. The fourth-order valence-corrected chi connectivity index (χ4v) is 2.80. The molecule has 2 aromatic rings. The molecule has 1 N–H and O–H groups in total. The number of rotatable bonds is 6. The predicted octanol–water partition coefficient (Wildman–Crippen LogP) is 4.90. The van der Waals surface area contributed by atoms with Crippen LogP contribution >= 0.6 is 23.2 Å². The van der Waals surface area contributed by atoms with Crippen LogP contribution in [0.2, 0.25) is 10.0 Å². The van der Waals surface area contributed by atoms with E-state index < -0.39 is 0 Å². The molecule has 108 valence electrons. The molecule has 20 heavy (non-hydrogen) atoms. The first kappa shape index (κ1) is 15.4. The summed E-state index contributed by atoms with van der Waals surface area (Å²) in [6.07, 6.45) is 3.19. The molecule has 0 fully saturated rings. The van der Waals surface area contributed by atoms with Crippen molar-refractivity contribution in [2.45, 2.75) is 32.9 Å². The van der Waals surface area contributed by atoms with Gasteiger partial charge in [-0.3, -0.25) is 0 Å². The van der Waals surface area contributed by atoms with Crippen LogP contribution in [0.25, 0.3) is 0 Å². The van der Waals surface area contributed by atoms with Crippen LogP contribution in [0.3, 0.4) is 0 Å². The minimum Gasteiger partial charge on any atom is -0.345 e. The summed E-state index contributed by atoms with van der Waals surface area (Å²) < 4.78 is 2.19. The Hall–Kier alpha value is -0.960. The van der Waals surface area contributed by atoms with Gasteiger partial charge < -0.3 is 9.88 Å². The van der Waals surface area contributed by atoms with E-state index in [2.05, 4.69) is 42.1 Å². The van der Waals surface area contributed by atoms with Crippen LogP contribution in [0.5, 0.6) is 0 Å². The third-order valence-corrected chi connectivity index (χ3v) is 4.11. The SMILES string of the molecule is CCCNC(C)c1cccn1Cc1c(Cl)cccc1Cl. The van der Waals surface area contributed by atoms with Crippen LogP contribution in [0.1, 0.15) is 37.6 Å². The molecule has 4 heteroatoms. The second-order valence-corrected chi connectivity index (χ2v) is 5.75. The number of aromatic nitrogens is 1. The van der Waals surface area contributed by atoms with E-state index in [4.69, 9.17) is 23.2 Å². The highest BCUT2D eigenvalue weighted by molar-refractivity contribution is 6.35. The summed E-state index contributed by atoms with van der Waals surface area (Å²) in [5, 5.41) is 4.93. The van der Waals surface area contributed by atoms with Crippen molar-refractivity contribution >= 4 is 23.2 Å². The second kappa shape index (κ2) is 7.16. The summed E-state index contributed by atoms with van der Waals surface area (Å²) in [6.45, 7) is 6.05. The van der Waals surface area contributed by atoms with Crippen LogP contribution < -0.4 is 5.32 Å². The van der Waals surface area contributed by atoms with Crippen molar-refractivity contribution in [1.82, 2.24) is 9.88 Å². The quantitative estimate of drug-likeness (QED) is 0.802. The van der Waals surface area contributed by atoms with Crippen LogP contribution in [-0.4, -0.2) is 11.1 Å². The van der Waals surface area contributed by atoms with Crippen molar-refractivity contribution in [3.05, 3.63) is 57.8 Å². The zero-order chi connectivity index (χ0) is 14.5. The van der Waals surface area contributed by atoms with Gasteiger partial charge >= 0.3 is 0 Å². The minimum atomic E-state index is 0.311. The highest BCUT2D eigenvalue weighted by atomic mass is 35.5. The lowest BCUT2D eigenvalue weighted by Crippen LogP contribution is -2.22. The smallest absolute Gasteiger partial charge is 0.0503 e. The molecule has 0 bridgehead atoms. The molecular formula is C16H20Cl2N2. The molecule has 0 radical (unpaired) electrons. The van der Waals surface area contributed by atoms with Crippen molar-refractivity contribution in [3.8, 4) is 0 Å². The Labute approximate surface area is 130 Å². The molecule has 1 heterocycles. The van der Waals surface area contributed by atoms with Crippen molar-refractivity contribution in [2.75, 3.05) is 6.54 Å². The Morgan fingerprint density at radius 2 is 1.85 bits per heavy atom. The van der Waals surface area contributed by atoms with Gasteiger partial charge in [0.1, 0.15) is 0 Å². The van der Waals surface area contributed by atoms with Gasteiger partial charge in [0.05, 0.1) is 6.54 Å². The Morgan fingerprint density at radius 1 is 1.15 bits per heavy atom. The van der Waals surface area contributed by atoms with Crippen molar-refractivity contribution in [2.24, 2.45) is 0 Å². The molecule has 1 aromatic heterocycles. The van der Waals surface area contributed by atoms with E-state index in [9.17, 15) is 0 Å². The maximum absolute atomic E-state index is 6.25. The summed E-state index contributed by atoms with van der Waals surface area (Å²) in [7, 11) is 0. The first-order valence-corrected chi connectivity index (χ1v) is 7.70. The second-order valence-electron chi connectivity index (χ2n) is 4.94. The normalized spacial score (nSPS) is 12.6. The maximum Gasteiger partial charge on any atom is 0.0503 e. The van der Waals surface area contributed by atoms with Crippen LogP contribution in [0.15, 0.2) is 36.5 Å². The third kappa shape index (κ3) is 3.57. The largest absolute Gasteiger partial charge is 0.345 e. The number of halogens is 2.